The summed E-state index contributed by atoms with van der Waals surface area (Å²) in [5.74, 6) is -0.829. The van der Waals surface area contributed by atoms with Gasteiger partial charge in [0, 0.05) is 10.7 Å². The standard InChI is InChI=1S/C17H26O7S.C10H20O5.C7H7ClO2S/c1-14-5-7-15(8-6-14)25(19,20)23-12-11-21-9-10-22-13-16(18)24-17(2,3)4;1-10(2,3)15-9(12)8-14-7-6-13-5-4-11;1-6-2-4-7(5-3-6)11(8,9)10/h5-8H,9-13H2,1-4H3;11H,4-8H2,1-3H3;2-5H,1H3. The van der Waals surface area contributed by atoms with Crippen LogP contribution in [0, 0.1) is 13.8 Å². The summed E-state index contributed by atoms with van der Waals surface area (Å²) in [5.41, 5.74) is 0.952. The highest BCUT2D eigenvalue weighted by atomic mass is 35.7. The van der Waals surface area contributed by atoms with Crippen molar-refractivity contribution < 1.29 is 64.1 Å². The zero-order chi connectivity index (χ0) is 39.1. The highest BCUT2D eigenvalue weighted by Crippen LogP contribution is 2.15. The Labute approximate surface area is 307 Å². The lowest BCUT2D eigenvalue weighted by molar-refractivity contribution is -0.161. The van der Waals surface area contributed by atoms with Gasteiger partial charge in [-0.15, -0.1) is 0 Å². The molecule has 0 aromatic heterocycles. The molecule has 2 rings (SSSR count). The van der Waals surface area contributed by atoms with Gasteiger partial charge in [-0.1, -0.05) is 35.4 Å². The van der Waals surface area contributed by atoms with Crippen molar-refractivity contribution >= 4 is 41.8 Å². The van der Waals surface area contributed by atoms with E-state index in [0.717, 1.165) is 11.1 Å². The van der Waals surface area contributed by atoms with Crippen molar-refractivity contribution in [2.24, 2.45) is 0 Å². The molecule has 292 valence electrons. The molecule has 0 amide bonds. The van der Waals surface area contributed by atoms with Crippen molar-refractivity contribution in [2.45, 2.75) is 76.4 Å². The average Bonchev–Trinajstić information content (AvgIpc) is 2.99. The molecule has 1 N–H and O–H groups in total. The first-order chi connectivity index (χ1) is 23.6. The van der Waals surface area contributed by atoms with Crippen molar-refractivity contribution in [3.05, 3.63) is 59.7 Å². The number of ether oxygens (including phenoxy) is 6. The first-order valence-corrected chi connectivity index (χ1v) is 19.6. The van der Waals surface area contributed by atoms with Crippen LogP contribution in [-0.4, -0.2) is 111 Å². The maximum atomic E-state index is 11.9. The first kappa shape index (κ1) is 48.3. The zero-order valence-electron chi connectivity index (χ0n) is 30.6. The van der Waals surface area contributed by atoms with Gasteiger partial charge < -0.3 is 33.5 Å². The Morgan fingerprint density at radius 1 is 0.588 bits per heavy atom. The van der Waals surface area contributed by atoms with E-state index in [4.69, 9.17) is 48.4 Å². The molecule has 0 saturated carbocycles. The van der Waals surface area contributed by atoms with E-state index in [2.05, 4.69) is 0 Å². The summed E-state index contributed by atoms with van der Waals surface area (Å²) in [6.45, 7) is 15.6. The van der Waals surface area contributed by atoms with E-state index in [9.17, 15) is 26.4 Å². The second-order valence-corrected chi connectivity index (χ2v) is 16.7. The van der Waals surface area contributed by atoms with E-state index < -0.39 is 36.3 Å². The molecule has 51 heavy (non-hydrogen) atoms. The Balaban J connectivity index is 0.000000813. The van der Waals surface area contributed by atoms with E-state index in [1.807, 2.05) is 13.8 Å². The number of esters is 2. The largest absolute Gasteiger partial charge is 0.458 e. The Morgan fingerprint density at radius 2 is 0.941 bits per heavy atom. The second-order valence-electron chi connectivity index (χ2n) is 12.6. The van der Waals surface area contributed by atoms with Gasteiger partial charge in [-0.05, 0) is 79.7 Å². The van der Waals surface area contributed by atoms with Crippen molar-refractivity contribution in [1.29, 1.82) is 0 Å². The predicted octanol–water partition coefficient (Wildman–Crippen LogP) is 4.35. The van der Waals surface area contributed by atoms with Crippen LogP contribution in [0.1, 0.15) is 52.7 Å². The fourth-order valence-corrected chi connectivity index (χ4v) is 4.90. The van der Waals surface area contributed by atoms with Gasteiger partial charge in [-0.3, -0.25) is 4.18 Å². The molecule has 0 saturated heterocycles. The molecule has 0 aliphatic heterocycles. The number of carbonyl (C=O) groups is 2. The van der Waals surface area contributed by atoms with Crippen LogP contribution in [0.4, 0.5) is 0 Å². The fourth-order valence-electron chi connectivity index (χ4n) is 3.23. The molecule has 0 fully saturated rings. The number of rotatable bonds is 18. The van der Waals surface area contributed by atoms with E-state index in [-0.39, 0.29) is 68.6 Å². The molecular formula is C34H53ClO14S2. The molecule has 0 unspecified atom stereocenters. The van der Waals surface area contributed by atoms with Crippen LogP contribution in [0.15, 0.2) is 58.3 Å². The van der Waals surface area contributed by atoms with E-state index >= 15 is 0 Å². The SMILES string of the molecule is CC(C)(C)OC(=O)COCCOCCO.Cc1ccc(S(=O)(=O)Cl)cc1.Cc1ccc(S(=O)(=O)OCCOCCOCC(=O)OC(C)(C)C)cc1. The Kier molecular flexibility index (Phi) is 23.3. The molecule has 0 aliphatic rings. The highest BCUT2D eigenvalue weighted by molar-refractivity contribution is 8.13. The number of hydrogen-bond donors (Lipinski definition) is 1. The third-order valence-corrected chi connectivity index (χ3v) is 8.03. The minimum absolute atomic E-state index is 0.00787. The van der Waals surface area contributed by atoms with Crippen LogP contribution in [0.3, 0.4) is 0 Å². The normalized spacial score (nSPS) is 11.8. The maximum absolute atomic E-state index is 11.9. The van der Waals surface area contributed by atoms with Gasteiger partial charge in [0.1, 0.15) is 24.4 Å². The summed E-state index contributed by atoms with van der Waals surface area (Å²) in [4.78, 5) is 22.8. The molecule has 0 atom stereocenters. The molecule has 17 heteroatoms. The second kappa shape index (κ2) is 24.5. The summed E-state index contributed by atoms with van der Waals surface area (Å²) in [6.07, 6.45) is 0. The topological polar surface area (TPSA) is 187 Å². The van der Waals surface area contributed by atoms with Gasteiger partial charge in [0.05, 0.1) is 62.6 Å². The van der Waals surface area contributed by atoms with Crippen molar-refractivity contribution in [3.8, 4) is 0 Å². The van der Waals surface area contributed by atoms with Crippen LogP contribution < -0.4 is 0 Å². The molecule has 0 aliphatic carbocycles. The fraction of sp³-hybridized carbons (Fsp3) is 0.588. The van der Waals surface area contributed by atoms with Crippen LogP contribution >= 0.6 is 10.7 Å². The summed E-state index contributed by atoms with van der Waals surface area (Å²) in [6, 6.07) is 12.8. The van der Waals surface area contributed by atoms with E-state index in [1.54, 1.807) is 65.8 Å². The molecule has 14 nitrogen and oxygen atoms in total. The molecule has 2 aromatic rings. The minimum Gasteiger partial charge on any atom is -0.458 e. The lowest BCUT2D eigenvalue weighted by Crippen LogP contribution is -2.27. The summed E-state index contributed by atoms with van der Waals surface area (Å²) < 4.78 is 80.5. The Morgan fingerprint density at radius 3 is 1.31 bits per heavy atom. The zero-order valence-corrected chi connectivity index (χ0v) is 33.0. The van der Waals surface area contributed by atoms with Gasteiger partial charge >= 0.3 is 11.9 Å². The van der Waals surface area contributed by atoms with Gasteiger partial charge in [-0.25, -0.2) is 18.0 Å². The predicted molar refractivity (Wildman–Crippen MR) is 191 cm³/mol. The molecule has 0 radical (unpaired) electrons. The van der Waals surface area contributed by atoms with Crippen molar-refractivity contribution in [2.75, 3.05) is 66.1 Å². The third kappa shape index (κ3) is 27.6. The first-order valence-electron chi connectivity index (χ1n) is 15.9. The Hall–Kier alpha value is -2.67. The lowest BCUT2D eigenvalue weighted by atomic mass is 10.2. The van der Waals surface area contributed by atoms with Gasteiger partial charge in [0.15, 0.2) is 0 Å². The number of aliphatic hydroxyl groups is 1. The quantitative estimate of drug-likeness (QED) is 0.0973. The Bertz CT molecular complexity index is 1480. The molecular weight excluding hydrogens is 732 g/mol. The van der Waals surface area contributed by atoms with Crippen LogP contribution in [-0.2, 0) is 61.4 Å². The van der Waals surface area contributed by atoms with Crippen LogP contribution in [0.25, 0.3) is 0 Å². The third-order valence-electron chi connectivity index (χ3n) is 5.34. The number of aliphatic hydroxyl groups excluding tert-OH is 1. The molecule has 2 aromatic carbocycles. The highest BCUT2D eigenvalue weighted by Gasteiger charge is 2.17. The molecule has 0 spiro atoms. The van der Waals surface area contributed by atoms with Crippen LogP contribution in [0.5, 0.6) is 0 Å². The summed E-state index contributed by atoms with van der Waals surface area (Å²) in [7, 11) is -2.24. The van der Waals surface area contributed by atoms with Crippen molar-refractivity contribution in [1.82, 2.24) is 0 Å². The smallest absolute Gasteiger partial charge is 0.332 e. The van der Waals surface area contributed by atoms with Crippen LogP contribution in [0.2, 0.25) is 0 Å². The van der Waals surface area contributed by atoms with Gasteiger partial charge in [0.25, 0.3) is 19.2 Å². The van der Waals surface area contributed by atoms with E-state index in [1.165, 1.54) is 24.3 Å². The number of hydrogen-bond acceptors (Lipinski definition) is 14. The summed E-state index contributed by atoms with van der Waals surface area (Å²) >= 11 is 0. The maximum Gasteiger partial charge on any atom is 0.332 e. The molecule has 0 heterocycles. The number of carbonyl (C=O) groups excluding carboxylic acids is 2. The monoisotopic (exact) mass is 784 g/mol. The number of aryl methyl sites for hydroxylation is 2. The number of benzene rings is 2. The van der Waals surface area contributed by atoms with E-state index in [0.29, 0.717) is 13.2 Å². The number of halogens is 1. The van der Waals surface area contributed by atoms with Gasteiger partial charge in [-0.2, -0.15) is 8.42 Å². The average molecular weight is 785 g/mol. The van der Waals surface area contributed by atoms with Gasteiger partial charge in [0.2, 0.25) is 0 Å². The molecule has 0 bridgehead atoms. The van der Waals surface area contributed by atoms with Crippen molar-refractivity contribution in [3.63, 3.8) is 0 Å². The summed E-state index contributed by atoms with van der Waals surface area (Å²) in [5, 5.41) is 8.40. The lowest BCUT2D eigenvalue weighted by Gasteiger charge is -2.19. The minimum atomic E-state index is -3.78.